The number of nitriles is 1. The Hall–Kier alpha value is -2.65. The zero-order chi connectivity index (χ0) is 18.0. The lowest BCUT2D eigenvalue weighted by atomic mass is 9.94. The fourth-order valence-electron chi connectivity index (χ4n) is 3.42. The Morgan fingerprint density at radius 1 is 1.48 bits per heavy atom. The van der Waals surface area contributed by atoms with Crippen molar-refractivity contribution in [2.45, 2.75) is 26.4 Å². The van der Waals surface area contributed by atoms with Crippen LogP contribution in [0.3, 0.4) is 0 Å². The normalized spacial score (nSPS) is 19.6. The molecule has 1 aromatic carbocycles. The van der Waals surface area contributed by atoms with E-state index >= 15 is 0 Å². The second kappa shape index (κ2) is 7.08. The van der Waals surface area contributed by atoms with Crippen molar-refractivity contribution in [3.63, 3.8) is 0 Å². The molecule has 0 saturated carbocycles. The summed E-state index contributed by atoms with van der Waals surface area (Å²) < 4.78 is 7.82. The molecule has 2 atom stereocenters. The average molecular weight is 338 g/mol. The van der Waals surface area contributed by atoms with Crippen LogP contribution in [0.5, 0.6) is 0 Å². The first-order valence-electron chi connectivity index (χ1n) is 8.41. The van der Waals surface area contributed by atoms with Gasteiger partial charge in [-0.05, 0) is 38.5 Å². The van der Waals surface area contributed by atoms with E-state index in [1.165, 1.54) is 0 Å². The van der Waals surface area contributed by atoms with E-state index in [9.17, 15) is 4.79 Å². The van der Waals surface area contributed by atoms with Crippen LogP contribution in [0.15, 0.2) is 24.3 Å². The summed E-state index contributed by atoms with van der Waals surface area (Å²) in [6, 6.07) is 8.78. The Bertz CT molecular complexity index is 834. The number of nitrogens with zero attached hydrogens (tertiary/aromatic N) is 3. The van der Waals surface area contributed by atoms with Crippen LogP contribution in [-0.2, 0) is 11.8 Å². The van der Waals surface area contributed by atoms with E-state index in [-0.39, 0.29) is 17.9 Å². The molecule has 1 N–H and O–H groups in total. The molecule has 130 valence electrons. The number of aryl methyl sites for hydroxylation is 2. The van der Waals surface area contributed by atoms with Gasteiger partial charge in [0.1, 0.15) is 0 Å². The molecule has 25 heavy (non-hydrogen) atoms. The van der Waals surface area contributed by atoms with E-state index in [4.69, 9.17) is 10.00 Å². The third-order valence-electron chi connectivity index (χ3n) is 4.84. The molecule has 1 fully saturated rings. The van der Waals surface area contributed by atoms with Gasteiger partial charge >= 0.3 is 0 Å². The molecule has 1 aliphatic rings. The summed E-state index contributed by atoms with van der Waals surface area (Å²) in [5.74, 6) is 0.0482. The lowest BCUT2D eigenvalue weighted by Gasteiger charge is -2.20. The number of hydrogen-bond acceptors (Lipinski definition) is 4. The van der Waals surface area contributed by atoms with Gasteiger partial charge in [-0.15, -0.1) is 0 Å². The van der Waals surface area contributed by atoms with Crippen molar-refractivity contribution in [2.75, 3.05) is 13.2 Å². The van der Waals surface area contributed by atoms with Crippen molar-refractivity contribution in [1.29, 1.82) is 5.26 Å². The van der Waals surface area contributed by atoms with Crippen LogP contribution in [-0.4, -0.2) is 28.8 Å². The monoisotopic (exact) mass is 338 g/mol. The summed E-state index contributed by atoms with van der Waals surface area (Å²) >= 11 is 0. The Labute approximate surface area is 147 Å². The van der Waals surface area contributed by atoms with Gasteiger partial charge in [0.05, 0.1) is 23.4 Å². The largest absolute Gasteiger partial charge is 0.373 e. The van der Waals surface area contributed by atoms with Gasteiger partial charge in [0.2, 0.25) is 0 Å². The number of amides is 1. The quantitative estimate of drug-likeness (QED) is 0.928. The van der Waals surface area contributed by atoms with Gasteiger partial charge in [0, 0.05) is 42.9 Å². The number of nitrogens with one attached hydrogen (secondary N) is 1. The van der Waals surface area contributed by atoms with Crippen LogP contribution < -0.4 is 5.32 Å². The van der Waals surface area contributed by atoms with Gasteiger partial charge in [-0.25, -0.2) is 0 Å². The molecule has 2 aromatic rings. The number of carbonyl (C=O) groups is 1. The zero-order valence-electron chi connectivity index (χ0n) is 14.7. The molecule has 1 amide bonds. The molecule has 0 radical (unpaired) electrons. The van der Waals surface area contributed by atoms with Crippen molar-refractivity contribution in [3.8, 4) is 6.07 Å². The van der Waals surface area contributed by atoms with Crippen molar-refractivity contribution >= 4 is 5.91 Å². The fourth-order valence-corrected chi connectivity index (χ4v) is 3.42. The molecule has 6 heteroatoms. The van der Waals surface area contributed by atoms with E-state index in [1.807, 2.05) is 25.6 Å². The smallest absolute Gasteiger partial charge is 0.251 e. The van der Waals surface area contributed by atoms with Crippen LogP contribution >= 0.6 is 0 Å². The number of benzene rings is 1. The topological polar surface area (TPSA) is 79.9 Å². The van der Waals surface area contributed by atoms with E-state index in [1.54, 1.807) is 24.3 Å². The standard InChI is InChI=1S/C19H22N4O2/c1-12-17(13(2)23(3)22-12)18-16(7-8-25-18)11-21-19(24)15-6-4-5-14(9-15)10-20/h4-6,9,16,18H,7-8,11H2,1-3H3,(H,21,24)/t16-,18+/m1/s1. The van der Waals surface area contributed by atoms with Crippen LogP contribution in [0, 0.1) is 31.1 Å². The van der Waals surface area contributed by atoms with Gasteiger partial charge in [-0.1, -0.05) is 6.07 Å². The van der Waals surface area contributed by atoms with Gasteiger partial charge in [0.15, 0.2) is 0 Å². The van der Waals surface area contributed by atoms with E-state index in [2.05, 4.69) is 16.5 Å². The zero-order valence-corrected chi connectivity index (χ0v) is 14.7. The number of aromatic nitrogens is 2. The first-order chi connectivity index (χ1) is 12.0. The van der Waals surface area contributed by atoms with Crippen LogP contribution in [0.2, 0.25) is 0 Å². The molecule has 3 rings (SSSR count). The Kier molecular flexibility index (Phi) is 4.86. The average Bonchev–Trinajstić information content (AvgIpc) is 3.16. The Balaban J connectivity index is 1.70. The highest BCUT2D eigenvalue weighted by molar-refractivity contribution is 5.94. The van der Waals surface area contributed by atoms with E-state index < -0.39 is 0 Å². The van der Waals surface area contributed by atoms with Crippen molar-refractivity contribution in [2.24, 2.45) is 13.0 Å². The maximum absolute atomic E-state index is 12.4. The number of rotatable bonds is 4. The third-order valence-corrected chi connectivity index (χ3v) is 4.84. The summed E-state index contributed by atoms with van der Waals surface area (Å²) in [7, 11) is 1.93. The first kappa shape index (κ1) is 17.2. The lowest BCUT2D eigenvalue weighted by Crippen LogP contribution is -2.30. The summed E-state index contributed by atoms with van der Waals surface area (Å²) in [6.45, 7) is 5.25. The number of hydrogen-bond donors (Lipinski definition) is 1. The molecular weight excluding hydrogens is 316 g/mol. The van der Waals surface area contributed by atoms with Crippen molar-refractivity contribution < 1.29 is 9.53 Å². The minimum absolute atomic E-state index is 0.0422. The van der Waals surface area contributed by atoms with Crippen molar-refractivity contribution in [3.05, 3.63) is 52.3 Å². The molecule has 0 bridgehead atoms. The number of ether oxygens (including phenoxy) is 1. The molecule has 0 aliphatic carbocycles. The van der Waals surface area contributed by atoms with Gasteiger partial charge in [0.25, 0.3) is 5.91 Å². The molecule has 2 heterocycles. The van der Waals surface area contributed by atoms with Gasteiger partial charge in [-0.3, -0.25) is 9.48 Å². The first-order valence-corrected chi connectivity index (χ1v) is 8.41. The van der Waals surface area contributed by atoms with E-state index in [0.29, 0.717) is 24.3 Å². The maximum atomic E-state index is 12.4. The highest BCUT2D eigenvalue weighted by Gasteiger charge is 2.33. The minimum atomic E-state index is -0.164. The summed E-state index contributed by atoms with van der Waals surface area (Å²) in [4.78, 5) is 12.4. The number of carbonyl (C=O) groups excluding carboxylic acids is 1. The molecule has 1 aliphatic heterocycles. The third kappa shape index (κ3) is 3.42. The maximum Gasteiger partial charge on any atom is 0.251 e. The summed E-state index contributed by atoms with van der Waals surface area (Å²) in [6.07, 6.45) is 0.858. The predicted molar refractivity (Wildman–Crippen MR) is 93.0 cm³/mol. The second-order valence-electron chi connectivity index (χ2n) is 6.45. The van der Waals surface area contributed by atoms with Crippen LogP contribution in [0.25, 0.3) is 0 Å². The van der Waals surface area contributed by atoms with Gasteiger partial charge in [-0.2, -0.15) is 10.4 Å². The Morgan fingerprint density at radius 3 is 2.96 bits per heavy atom. The SMILES string of the molecule is Cc1nn(C)c(C)c1[C@H]1OCC[C@@H]1CNC(=O)c1cccc(C#N)c1. The molecular formula is C19H22N4O2. The van der Waals surface area contributed by atoms with E-state index in [0.717, 1.165) is 23.4 Å². The Morgan fingerprint density at radius 2 is 2.28 bits per heavy atom. The van der Waals surface area contributed by atoms with Crippen LogP contribution in [0.4, 0.5) is 0 Å². The highest BCUT2D eigenvalue weighted by atomic mass is 16.5. The molecule has 1 aromatic heterocycles. The molecule has 1 saturated heterocycles. The van der Waals surface area contributed by atoms with Gasteiger partial charge < -0.3 is 10.1 Å². The molecule has 0 spiro atoms. The summed E-state index contributed by atoms with van der Waals surface area (Å²) in [5, 5.41) is 16.4. The molecule has 6 nitrogen and oxygen atoms in total. The minimum Gasteiger partial charge on any atom is -0.373 e. The molecule has 0 unspecified atom stereocenters. The second-order valence-corrected chi connectivity index (χ2v) is 6.45. The summed E-state index contributed by atoms with van der Waals surface area (Å²) in [5.41, 5.74) is 4.19. The lowest BCUT2D eigenvalue weighted by molar-refractivity contribution is 0.0840. The van der Waals surface area contributed by atoms with Crippen molar-refractivity contribution in [1.82, 2.24) is 15.1 Å². The highest BCUT2D eigenvalue weighted by Crippen LogP contribution is 2.37. The van der Waals surface area contributed by atoms with Crippen LogP contribution in [0.1, 0.15) is 45.4 Å². The fraction of sp³-hybridized carbons (Fsp3) is 0.421. The predicted octanol–water partition coefficient (Wildman–Crippen LogP) is 2.42.